The molecule has 0 aliphatic carbocycles. The maximum atomic E-state index is 13.0. The van der Waals surface area contributed by atoms with Crippen molar-refractivity contribution in [3.05, 3.63) is 71.2 Å². The molecule has 1 heterocycles. The summed E-state index contributed by atoms with van der Waals surface area (Å²) in [5.41, 5.74) is 1.53. The highest BCUT2D eigenvalue weighted by Gasteiger charge is 2.36. The third-order valence-electron chi connectivity index (χ3n) is 4.94. The van der Waals surface area contributed by atoms with Gasteiger partial charge in [0.2, 0.25) is 0 Å². The van der Waals surface area contributed by atoms with Crippen LogP contribution < -0.4 is 4.31 Å². The van der Waals surface area contributed by atoms with Crippen LogP contribution >= 0.6 is 11.6 Å². The zero-order chi connectivity index (χ0) is 19.9. The topological polar surface area (TPSA) is 66.8 Å². The number of benzene rings is 3. The smallest absolute Gasteiger partial charge is 0.265 e. The van der Waals surface area contributed by atoms with E-state index in [4.69, 9.17) is 16.3 Å². The molecule has 5 nitrogen and oxygen atoms in total. The molecule has 0 unspecified atom stereocenters. The van der Waals surface area contributed by atoms with Crippen molar-refractivity contribution >= 4 is 38.1 Å². The van der Waals surface area contributed by atoms with Crippen LogP contribution in [-0.4, -0.2) is 32.8 Å². The van der Waals surface area contributed by atoms with Gasteiger partial charge in [-0.1, -0.05) is 48.0 Å². The first-order valence-electron chi connectivity index (χ1n) is 8.97. The number of halogens is 1. The van der Waals surface area contributed by atoms with Gasteiger partial charge in [-0.05, 0) is 42.1 Å². The normalized spacial score (nSPS) is 17.0. The van der Waals surface area contributed by atoms with Crippen LogP contribution in [0, 0.1) is 0 Å². The molecule has 2 atom stereocenters. The van der Waals surface area contributed by atoms with E-state index in [2.05, 4.69) is 0 Å². The van der Waals surface area contributed by atoms with Gasteiger partial charge in [-0.2, -0.15) is 0 Å². The second-order valence-corrected chi connectivity index (χ2v) is 9.12. The molecule has 0 spiro atoms. The monoisotopic (exact) mass is 417 g/mol. The van der Waals surface area contributed by atoms with Crippen LogP contribution in [0.5, 0.6) is 0 Å². The van der Waals surface area contributed by atoms with Crippen LogP contribution in [-0.2, 0) is 14.8 Å². The highest BCUT2D eigenvalue weighted by molar-refractivity contribution is 7.93. The fourth-order valence-electron chi connectivity index (χ4n) is 3.48. The van der Waals surface area contributed by atoms with E-state index in [1.165, 1.54) is 4.31 Å². The standard InChI is InChI=1S/C21H20ClNO4S/c1-14(15-8-10-17(22)11-9-15)27-13-18(24)12-23-19-6-2-4-16-5-3-7-20(21(16)19)28(23,25)26/h2-11,14,18,24H,12-13H2,1H3/t14-,18-/m0/s1. The molecule has 0 fully saturated rings. The van der Waals surface area contributed by atoms with Crippen molar-refractivity contribution in [2.24, 2.45) is 0 Å². The van der Waals surface area contributed by atoms with E-state index in [0.717, 1.165) is 10.9 Å². The Morgan fingerprint density at radius 3 is 2.46 bits per heavy atom. The number of ether oxygens (including phenoxy) is 1. The number of rotatable bonds is 6. The molecule has 1 aliphatic rings. The van der Waals surface area contributed by atoms with Crippen LogP contribution in [0.15, 0.2) is 65.6 Å². The number of nitrogens with zero attached hydrogens (tertiary/aromatic N) is 1. The number of anilines is 1. The van der Waals surface area contributed by atoms with Gasteiger partial charge in [0.25, 0.3) is 10.0 Å². The molecule has 0 radical (unpaired) electrons. The molecular weight excluding hydrogens is 398 g/mol. The van der Waals surface area contributed by atoms with Crippen LogP contribution in [0.2, 0.25) is 5.02 Å². The molecular formula is C21H20ClNO4S. The largest absolute Gasteiger partial charge is 0.389 e. The summed E-state index contributed by atoms with van der Waals surface area (Å²) >= 11 is 5.89. The first kappa shape index (κ1) is 19.2. The maximum absolute atomic E-state index is 13.0. The van der Waals surface area contributed by atoms with Crippen molar-refractivity contribution in [2.75, 3.05) is 17.5 Å². The minimum absolute atomic E-state index is 0.0160. The van der Waals surface area contributed by atoms with Gasteiger partial charge in [-0.3, -0.25) is 4.31 Å². The average Bonchev–Trinajstić information content (AvgIpc) is 2.90. The van der Waals surface area contributed by atoms with Gasteiger partial charge in [0.1, 0.15) is 0 Å². The molecule has 0 aromatic heterocycles. The lowest BCUT2D eigenvalue weighted by Gasteiger charge is -2.23. The van der Waals surface area contributed by atoms with E-state index in [1.807, 2.05) is 37.3 Å². The molecule has 146 valence electrons. The highest BCUT2D eigenvalue weighted by atomic mass is 35.5. The van der Waals surface area contributed by atoms with E-state index < -0.39 is 16.1 Å². The predicted molar refractivity (Wildman–Crippen MR) is 110 cm³/mol. The third kappa shape index (κ3) is 3.37. The minimum Gasteiger partial charge on any atom is -0.389 e. The summed E-state index contributed by atoms with van der Waals surface area (Å²) in [6, 6.07) is 18.0. The zero-order valence-electron chi connectivity index (χ0n) is 15.2. The Morgan fingerprint density at radius 1 is 1.07 bits per heavy atom. The number of aliphatic hydroxyl groups is 1. The van der Waals surface area contributed by atoms with Crippen molar-refractivity contribution in [1.29, 1.82) is 0 Å². The SMILES string of the molecule is C[C@H](OC[C@@H](O)CN1c2cccc3cccc(c23)S1(=O)=O)c1ccc(Cl)cc1. The summed E-state index contributed by atoms with van der Waals surface area (Å²) < 4.78 is 32.9. The van der Waals surface area contributed by atoms with Crippen molar-refractivity contribution in [3.8, 4) is 0 Å². The van der Waals surface area contributed by atoms with E-state index in [-0.39, 0.29) is 24.2 Å². The van der Waals surface area contributed by atoms with Gasteiger partial charge in [0.15, 0.2) is 0 Å². The fraction of sp³-hybridized carbons (Fsp3) is 0.238. The molecule has 28 heavy (non-hydrogen) atoms. The fourth-order valence-corrected chi connectivity index (χ4v) is 5.36. The summed E-state index contributed by atoms with van der Waals surface area (Å²) in [5.74, 6) is 0. The summed E-state index contributed by atoms with van der Waals surface area (Å²) in [5, 5.41) is 12.7. The average molecular weight is 418 g/mol. The predicted octanol–water partition coefficient (Wildman–Crippen LogP) is 4.14. The highest BCUT2D eigenvalue weighted by Crippen LogP contribution is 2.41. The Bertz CT molecular complexity index is 1110. The van der Waals surface area contributed by atoms with Gasteiger partial charge < -0.3 is 9.84 Å². The zero-order valence-corrected chi connectivity index (χ0v) is 16.8. The van der Waals surface area contributed by atoms with Gasteiger partial charge in [0, 0.05) is 10.4 Å². The van der Waals surface area contributed by atoms with E-state index in [9.17, 15) is 13.5 Å². The van der Waals surface area contributed by atoms with E-state index in [1.54, 1.807) is 30.3 Å². The first-order chi connectivity index (χ1) is 13.4. The quantitative estimate of drug-likeness (QED) is 0.654. The molecule has 4 rings (SSSR count). The van der Waals surface area contributed by atoms with Crippen LogP contribution in [0.3, 0.4) is 0 Å². The van der Waals surface area contributed by atoms with Crippen LogP contribution in [0.25, 0.3) is 10.8 Å². The lowest BCUT2D eigenvalue weighted by Crippen LogP contribution is -2.37. The summed E-state index contributed by atoms with van der Waals surface area (Å²) in [6.45, 7) is 1.82. The van der Waals surface area contributed by atoms with E-state index >= 15 is 0 Å². The maximum Gasteiger partial charge on any atom is 0.265 e. The van der Waals surface area contributed by atoms with Crippen molar-refractivity contribution in [1.82, 2.24) is 0 Å². The number of aliphatic hydroxyl groups excluding tert-OH is 1. The van der Waals surface area contributed by atoms with Crippen molar-refractivity contribution in [3.63, 3.8) is 0 Å². The number of sulfonamides is 1. The van der Waals surface area contributed by atoms with Gasteiger partial charge >= 0.3 is 0 Å². The Balaban J connectivity index is 1.49. The Morgan fingerprint density at radius 2 is 1.75 bits per heavy atom. The minimum atomic E-state index is -3.69. The van der Waals surface area contributed by atoms with Gasteiger partial charge in [-0.25, -0.2) is 8.42 Å². The summed E-state index contributed by atoms with van der Waals surface area (Å²) in [7, 11) is -3.69. The van der Waals surface area contributed by atoms with E-state index in [0.29, 0.717) is 16.1 Å². The van der Waals surface area contributed by atoms with Crippen molar-refractivity contribution in [2.45, 2.75) is 24.0 Å². The first-order valence-corrected chi connectivity index (χ1v) is 10.8. The molecule has 0 bridgehead atoms. The van der Waals surface area contributed by atoms with Gasteiger partial charge in [-0.15, -0.1) is 0 Å². The molecule has 1 aliphatic heterocycles. The third-order valence-corrected chi connectivity index (χ3v) is 7.01. The molecule has 7 heteroatoms. The van der Waals surface area contributed by atoms with Crippen molar-refractivity contribution < 1.29 is 18.3 Å². The second-order valence-electron chi connectivity index (χ2n) is 6.85. The Labute approximate surface area is 169 Å². The second kappa shape index (κ2) is 7.37. The summed E-state index contributed by atoms with van der Waals surface area (Å²) in [4.78, 5) is 0.281. The number of β-amino-alcohol motifs (C(OH)–C–C–N with tert-alkyl or cyclic N) is 1. The molecule has 0 saturated carbocycles. The molecule has 3 aromatic rings. The lowest BCUT2D eigenvalue weighted by atomic mass is 10.1. The Hall–Kier alpha value is -2.12. The lowest BCUT2D eigenvalue weighted by molar-refractivity contribution is 0.00140. The molecule has 1 N–H and O–H groups in total. The van der Waals surface area contributed by atoms with Gasteiger partial charge in [0.05, 0.1) is 35.9 Å². The van der Waals surface area contributed by atoms with Crippen LogP contribution in [0.4, 0.5) is 5.69 Å². The summed E-state index contributed by atoms with van der Waals surface area (Å²) in [6.07, 6.45) is -1.21. The molecule has 0 amide bonds. The number of hydrogen-bond donors (Lipinski definition) is 1. The number of hydrogen-bond acceptors (Lipinski definition) is 4. The molecule has 0 saturated heterocycles. The Kier molecular flexibility index (Phi) is 5.05. The molecule has 3 aromatic carbocycles. The van der Waals surface area contributed by atoms with Crippen LogP contribution in [0.1, 0.15) is 18.6 Å².